The number of hydrogen-bond donors (Lipinski definition) is 1. The summed E-state index contributed by atoms with van der Waals surface area (Å²) in [5.74, 6) is -0.545. The van der Waals surface area contributed by atoms with E-state index in [2.05, 4.69) is 15.2 Å². The first-order chi connectivity index (χ1) is 12.2. The van der Waals surface area contributed by atoms with Gasteiger partial charge in [-0.2, -0.15) is 5.10 Å². The van der Waals surface area contributed by atoms with Crippen LogP contribution in [0.25, 0.3) is 5.69 Å². The molecule has 0 spiro atoms. The molecule has 1 heterocycles. The molecule has 0 saturated heterocycles. The number of ether oxygens (including phenoxy) is 1. The maximum atomic E-state index is 12.2. The molecule has 6 nitrogen and oxygen atoms in total. The third-order valence-corrected chi connectivity index (χ3v) is 3.73. The summed E-state index contributed by atoms with van der Waals surface area (Å²) < 4.78 is 6.38. The maximum absolute atomic E-state index is 12.2. The first-order valence-corrected chi connectivity index (χ1v) is 7.73. The molecule has 3 rings (SSSR count). The molecule has 0 fully saturated rings. The molecule has 0 aliphatic rings. The Morgan fingerprint density at radius 3 is 2.32 bits per heavy atom. The molecular weight excluding hydrogens is 318 g/mol. The molecule has 6 heteroatoms. The van der Waals surface area contributed by atoms with Gasteiger partial charge >= 0.3 is 5.97 Å². The molecule has 0 aliphatic carbocycles. The highest BCUT2D eigenvalue weighted by Gasteiger charge is 2.07. The Morgan fingerprint density at radius 2 is 1.72 bits per heavy atom. The average Bonchev–Trinajstić information content (AvgIpc) is 3.21. The van der Waals surface area contributed by atoms with Crippen molar-refractivity contribution in [3.8, 4) is 5.69 Å². The molecule has 0 radical (unpaired) electrons. The minimum Gasteiger partial charge on any atom is -0.465 e. The van der Waals surface area contributed by atoms with Crippen LogP contribution in [0.5, 0.6) is 0 Å². The summed E-state index contributed by atoms with van der Waals surface area (Å²) in [6, 6.07) is 15.9. The van der Waals surface area contributed by atoms with E-state index in [-0.39, 0.29) is 11.9 Å². The number of amides is 1. The molecule has 0 saturated carbocycles. The van der Waals surface area contributed by atoms with Gasteiger partial charge in [0.15, 0.2) is 0 Å². The van der Waals surface area contributed by atoms with Crippen molar-refractivity contribution in [2.75, 3.05) is 7.11 Å². The van der Waals surface area contributed by atoms with Crippen molar-refractivity contribution >= 4 is 11.9 Å². The summed E-state index contributed by atoms with van der Waals surface area (Å²) >= 11 is 0. The fourth-order valence-corrected chi connectivity index (χ4v) is 2.35. The van der Waals surface area contributed by atoms with Gasteiger partial charge in [-0.05, 0) is 48.0 Å². The van der Waals surface area contributed by atoms with Crippen molar-refractivity contribution in [1.82, 2.24) is 15.1 Å². The van der Waals surface area contributed by atoms with E-state index in [1.54, 1.807) is 47.3 Å². The van der Waals surface area contributed by atoms with Crippen LogP contribution in [-0.2, 0) is 11.3 Å². The van der Waals surface area contributed by atoms with Gasteiger partial charge in [0.05, 0.1) is 18.4 Å². The Labute approximate surface area is 145 Å². The zero-order chi connectivity index (χ0) is 17.6. The van der Waals surface area contributed by atoms with Crippen LogP contribution < -0.4 is 5.32 Å². The summed E-state index contributed by atoms with van der Waals surface area (Å²) in [5.41, 5.74) is 2.84. The van der Waals surface area contributed by atoms with E-state index in [1.165, 1.54) is 7.11 Å². The van der Waals surface area contributed by atoms with Crippen molar-refractivity contribution in [3.63, 3.8) is 0 Å². The van der Waals surface area contributed by atoms with E-state index in [0.29, 0.717) is 17.7 Å². The summed E-state index contributed by atoms with van der Waals surface area (Å²) in [6.07, 6.45) is 3.54. The topological polar surface area (TPSA) is 73.2 Å². The number of nitrogens with zero attached hydrogens (tertiary/aromatic N) is 2. The predicted octanol–water partition coefficient (Wildman–Crippen LogP) is 2.59. The maximum Gasteiger partial charge on any atom is 0.337 e. The van der Waals surface area contributed by atoms with Crippen LogP contribution in [0.1, 0.15) is 26.3 Å². The SMILES string of the molecule is COC(=O)c1ccc(CNC(=O)c2ccc(-n3cccn3)cc2)cc1. The second-order valence-electron chi connectivity index (χ2n) is 5.37. The Balaban J connectivity index is 1.60. The van der Waals surface area contributed by atoms with Gasteiger partial charge in [0.2, 0.25) is 0 Å². The van der Waals surface area contributed by atoms with E-state index in [9.17, 15) is 9.59 Å². The van der Waals surface area contributed by atoms with Crippen LogP contribution in [-0.4, -0.2) is 28.8 Å². The molecule has 1 N–H and O–H groups in total. The highest BCUT2D eigenvalue weighted by atomic mass is 16.5. The first-order valence-electron chi connectivity index (χ1n) is 7.73. The molecule has 0 aliphatic heterocycles. The Kier molecular flexibility index (Phi) is 4.89. The lowest BCUT2D eigenvalue weighted by molar-refractivity contribution is 0.0600. The molecule has 0 bridgehead atoms. The van der Waals surface area contributed by atoms with Crippen LogP contribution in [0.15, 0.2) is 67.0 Å². The fourth-order valence-electron chi connectivity index (χ4n) is 2.35. The van der Waals surface area contributed by atoms with Crippen molar-refractivity contribution in [1.29, 1.82) is 0 Å². The molecule has 1 amide bonds. The van der Waals surface area contributed by atoms with Crippen LogP contribution in [0.4, 0.5) is 0 Å². The number of carbonyl (C=O) groups is 2. The van der Waals surface area contributed by atoms with Crippen LogP contribution in [0.2, 0.25) is 0 Å². The van der Waals surface area contributed by atoms with E-state index in [4.69, 9.17) is 0 Å². The third-order valence-electron chi connectivity index (χ3n) is 3.73. The number of hydrogen-bond acceptors (Lipinski definition) is 4. The molecule has 25 heavy (non-hydrogen) atoms. The molecule has 126 valence electrons. The average molecular weight is 335 g/mol. The second-order valence-corrected chi connectivity index (χ2v) is 5.37. The summed E-state index contributed by atoms with van der Waals surface area (Å²) in [5, 5.41) is 7.00. The van der Waals surface area contributed by atoms with Crippen LogP contribution in [0, 0.1) is 0 Å². The van der Waals surface area contributed by atoms with Gasteiger partial charge in [0.25, 0.3) is 5.91 Å². The molecule has 3 aromatic rings. The summed E-state index contributed by atoms with van der Waals surface area (Å²) in [7, 11) is 1.34. The lowest BCUT2D eigenvalue weighted by Crippen LogP contribution is -2.22. The van der Waals surface area contributed by atoms with Crippen LogP contribution in [0.3, 0.4) is 0 Å². The van der Waals surface area contributed by atoms with E-state index >= 15 is 0 Å². The lowest BCUT2D eigenvalue weighted by atomic mass is 10.1. The summed E-state index contributed by atoms with van der Waals surface area (Å²) in [6.45, 7) is 0.376. The van der Waals surface area contributed by atoms with Gasteiger partial charge < -0.3 is 10.1 Å². The number of nitrogens with one attached hydrogen (secondary N) is 1. The second kappa shape index (κ2) is 7.44. The number of carbonyl (C=O) groups excluding carboxylic acids is 2. The number of esters is 1. The Bertz CT molecular complexity index is 854. The largest absolute Gasteiger partial charge is 0.465 e. The molecule has 2 aromatic carbocycles. The van der Waals surface area contributed by atoms with E-state index < -0.39 is 0 Å². The number of aromatic nitrogens is 2. The predicted molar refractivity (Wildman–Crippen MR) is 92.5 cm³/mol. The summed E-state index contributed by atoms with van der Waals surface area (Å²) in [4.78, 5) is 23.6. The van der Waals surface area contributed by atoms with Gasteiger partial charge in [0, 0.05) is 24.5 Å². The minimum atomic E-state index is -0.382. The van der Waals surface area contributed by atoms with E-state index in [0.717, 1.165) is 11.3 Å². The van der Waals surface area contributed by atoms with Gasteiger partial charge in [-0.15, -0.1) is 0 Å². The zero-order valence-electron chi connectivity index (χ0n) is 13.7. The molecule has 0 unspecified atom stereocenters. The fraction of sp³-hybridized carbons (Fsp3) is 0.105. The highest BCUT2D eigenvalue weighted by molar-refractivity contribution is 5.94. The van der Waals surface area contributed by atoms with E-state index in [1.807, 2.05) is 24.4 Å². The first kappa shape index (κ1) is 16.4. The quantitative estimate of drug-likeness (QED) is 0.727. The third kappa shape index (κ3) is 3.92. The van der Waals surface area contributed by atoms with Gasteiger partial charge in [-0.1, -0.05) is 12.1 Å². The van der Waals surface area contributed by atoms with Gasteiger partial charge in [-0.25, -0.2) is 9.48 Å². The Morgan fingerprint density at radius 1 is 1.04 bits per heavy atom. The molecular formula is C19H17N3O3. The molecule has 1 aromatic heterocycles. The Hall–Kier alpha value is -3.41. The standard InChI is InChI=1S/C19H17N3O3/c1-25-19(24)16-5-3-14(4-6-16)13-20-18(23)15-7-9-17(10-8-15)22-12-2-11-21-22/h2-12H,13H2,1H3,(H,20,23). The van der Waals surface area contributed by atoms with Crippen molar-refractivity contribution in [2.24, 2.45) is 0 Å². The number of benzene rings is 2. The van der Waals surface area contributed by atoms with Gasteiger partial charge in [-0.3, -0.25) is 4.79 Å². The smallest absolute Gasteiger partial charge is 0.337 e. The van der Waals surface area contributed by atoms with Crippen molar-refractivity contribution < 1.29 is 14.3 Å². The number of rotatable bonds is 5. The minimum absolute atomic E-state index is 0.163. The molecule has 0 atom stereocenters. The van der Waals surface area contributed by atoms with Crippen molar-refractivity contribution in [2.45, 2.75) is 6.54 Å². The van der Waals surface area contributed by atoms with Crippen molar-refractivity contribution in [3.05, 3.63) is 83.7 Å². The normalized spacial score (nSPS) is 10.3. The zero-order valence-corrected chi connectivity index (χ0v) is 13.7. The monoisotopic (exact) mass is 335 g/mol. The highest BCUT2D eigenvalue weighted by Crippen LogP contribution is 2.10. The van der Waals surface area contributed by atoms with Gasteiger partial charge in [0.1, 0.15) is 0 Å². The number of methoxy groups -OCH3 is 1. The lowest BCUT2D eigenvalue weighted by Gasteiger charge is -2.07. The van der Waals surface area contributed by atoms with Crippen LogP contribution >= 0.6 is 0 Å².